The lowest BCUT2D eigenvalue weighted by atomic mass is 9.81. The van der Waals surface area contributed by atoms with Gasteiger partial charge in [-0.1, -0.05) is 45.4 Å². The summed E-state index contributed by atoms with van der Waals surface area (Å²) in [6, 6.07) is 0.610. The molecule has 0 bridgehead atoms. The molecular formula is C33H49N5O2. The van der Waals surface area contributed by atoms with Gasteiger partial charge in [-0.05, 0) is 76.1 Å². The molecule has 3 rings (SSSR count). The van der Waals surface area contributed by atoms with Crippen LogP contribution in [-0.2, 0) is 9.53 Å². The number of rotatable bonds is 12. The van der Waals surface area contributed by atoms with E-state index in [1.165, 1.54) is 25.9 Å². The van der Waals surface area contributed by atoms with E-state index in [9.17, 15) is 4.79 Å². The van der Waals surface area contributed by atoms with E-state index in [0.29, 0.717) is 17.3 Å². The zero-order valence-corrected chi connectivity index (χ0v) is 24.9. The molecule has 218 valence electrons. The Morgan fingerprint density at radius 2 is 1.93 bits per heavy atom. The highest BCUT2D eigenvalue weighted by molar-refractivity contribution is 5.95. The third-order valence-corrected chi connectivity index (χ3v) is 8.35. The maximum atomic E-state index is 13.1. The Morgan fingerprint density at radius 1 is 1.23 bits per heavy atom. The Balaban J connectivity index is 1.54. The third kappa shape index (κ3) is 8.86. The van der Waals surface area contributed by atoms with Gasteiger partial charge in [-0.25, -0.2) is 0 Å². The van der Waals surface area contributed by atoms with Gasteiger partial charge in [0.1, 0.15) is 6.17 Å². The van der Waals surface area contributed by atoms with Gasteiger partial charge in [-0.3, -0.25) is 14.8 Å². The van der Waals surface area contributed by atoms with Crippen molar-refractivity contribution in [2.75, 3.05) is 32.8 Å². The smallest absolute Gasteiger partial charge is 0.253 e. The number of carbonyl (C=O) groups excluding carboxylic acids is 1. The maximum Gasteiger partial charge on any atom is 0.253 e. The lowest BCUT2D eigenvalue weighted by Crippen LogP contribution is -2.46. The van der Waals surface area contributed by atoms with E-state index in [2.05, 4.69) is 47.8 Å². The van der Waals surface area contributed by atoms with Crippen LogP contribution in [0, 0.1) is 24.2 Å². The van der Waals surface area contributed by atoms with Crippen LogP contribution in [0.1, 0.15) is 65.7 Å². The summed E-state index contributed by atoms with van der Waals surface area (Å²) in [5.41, 5.74) is 9.38. The number of allylic oxidation sites excluding steroid dienone is 3. The molecule has 3 unspecified atom stereocenters. The standard InChI is InChI=1S/C33H49N5O2/c1-7-9-13-26(5)36-28(12-8-2)23-40-31-27(6)30(22-35-32(31)34)24(3)14-15-25(4)33(39)38-20-16-29(17-21-38)37-18-10-11-19-37/h2,12,14-15,22,27,29-32H,3-4,7,9-11,13,16-21,23,34H2,1,5-6H3/b15-14-,28-12-,36-26?/t27?,30?,31?,32-/m1/s1. The highest BCUT2D eigenvalue weighted by Gasteiger charge is 2.35. The van der Waals surface area contributed by atoms with Gasteiger partial charge in [0.05, 0.1) is 18.4 Å². The average Bonchev–Trinajstić information content (AvgIpc) is 3.49. The van der Waals surface area contributed by atoms with E-state index >= 15 is 0 Å². The molecule has 2 saturated heterocycles. The summed E-state index contributed by atoms with van der Waals surface area (Å²) in [5, 5.41) is 0. The van der Waals surface area contributed by atoms with Crippen molar-refractivity contribution < 1.29 is 9.53 Å². The molecule has 0 aromatic rings. The van der Waals surface area contributed by atoms with Crippen LogP contribution in [0.15, 0.2) is 58.2 Å². The number of likely N-dealkylation sites (tertiary alicyclic amines) is 2. The predicted octanol–water partition coefficient (Wildman–Crippen LogP) is 4.92. The fourth-order valence-electron chi connectivity index (χ4n) is 5.86. The van der Waals surface area contributed by atoms with Gasteiger partial charge in [-0.2, -0.15) is 0 Å². The van der Waals surface area contributed by atoms with E-state index in [-0.39, 0.29) is 30.5 Å². The molecule has 4 atom stereocenters. The van der Waals surface area contributed by atoms with E-state index in [4.69, 9.17) is 16.9 Å². The van der Waals surface area contributed by atoms with Gasteiger partial charge in [0, 0.05) is 48.6 Å². The van der Waals surface area contributed by atoms with E-state index in [1.807, 2.05) is 24.1 Å². The Morgan fingerprint density at radius 3 is 2.58 bits per heavy atom. The van der Waals surface area contributed by atoms with Gasteiger partial charge in [0.15, 0.2) is 0 Å². The van der Waals surface area contributed by atoms with Crippen LogP contribution in [0.25, 0.3) is 0 Å². The first-order valence-corrected chi connectivity index (χ1v) is 14.9. The molecule has 0 saturated carbocycles. The highest BCUT2D eigenvalue weighted by atomic mass is 16.5. The van der Waals surface area contributed by atoms with Crippen LogP contribution in [0.4, 0.5) is 0 Å². The highest BCUT2D eigenvalue weighted by Crippen LogP contribution is 2.30. The zero-order valence-electron chi connectivity index (χ0n) is 24.9. The van der Waals surface area contributed by atoms with E-state index in [1.54, 1.807) is 12.2 Å². The monoisotopic (exact) mass is 547 g/mol. The average molecular weight is 548 g/mol. The topological polar surface area (TPSA) is 83.5 Å². The zero-order chi connectivity index (χ0) is 29.1. The number of terminal acetylenes is 1. The molecule has 40 heavy (non-hydrogen) atoms. The molecular weight excluding hydrogens is 498 g/mol. The summed E-state index contributed by atoms with van der Waals surface area (Å²) in [7, 11) is 0. The maximum absolute atomic E-state index is 13.1. The van der Waals surface area contributed by atoms with Crippen LogP contribution in [0.5, 0.6) is 0 Å². The third-order valence-electron chi connectivity index (χ3n) is 8.35. The second-order valence-corrected chi connectivity index (χ2v) is 11.4. The molecule has 2 fully saturated rings. The molecule has 3 aliphatic rings. The molecule has 7 heteroatoms. The number of nitrogens with two attached hydrogens (primary N) is 1. The van der Waals surface area contributed by atoms with Crippen LogP contribution in [-0.4, -0.2) is 78.7 Å². The fraction of sp³-hybridized carbons (Fsp3) is 0.606. The second kappa shape index (κ2) is 15.9. The van der Waals surface area contributed by atoms with Crippen LogP contribution in [0.3, 0.4) is 0 Å². The van der Waals surface area contributed by atoms with Crippen molar-refractivity contribution in [3.05, 3.63) is 48.2 Å². The van der Waals surface area contributed by atoms with Gasteiger partial charge in [0.2, 0.25) is 0 Å². The number of amides is 1. The van der Waals surface area contributed by atoms with Crippen molar-refractivity contribution in [3.63, 3.8) is 0 Å². The lowest BCUT2D eigenvalue weighted by Gasteiger charge is -2.36. The molecule has 2 N–H and O–H groups in total. The second-order valence-electron chi connectivity index (χ2n) is 11.4. The van der Waals surface area contributed by atoms with Crippen LogP contribution in [0.2, 0.25) is 0 Å². The summed E-state index contributed by atoms with van der Waals surface area (Å²) in [5.74, 6) is 2.52. The van der Waals surface area contributed by atoms with E-state index < -0.39 is 6.17 Å². The predicted molar refractivity (Wildman–Crippen MR) is 166 cm³/mol. The number of piperidine rings is 1. The number of hydrogen-bond acceptors (Lipinski definition) is 6. The molecule has 3 heterocycles. The molecule has 0 radical (unpaired) electrons. The number of unbranched alkanes of at least 4 members (excludes halogenated alkanes) is 1. The molecule has 0 aromatic heterocycles. The summed E-state index contributed by atoms with van der Waals surface area (Å²) in [6.07, 6.45) is 19.7. The Kier molecular flexibility index (Phi) is 12.6. The van der Waals surface area contributed by atoms with Gasteiger partial charge < -0.3 is 20.3 Å². The first kappa shape index (κ1) is 31.7. The molecule has 0 aliphatic carbocycles. The summed E-state index contributed by atoms with van der Waals surface area (Å²) in [6.45, 7) is 18.8. The van der Waals surface area contributed by atoms with Crippen LogP contribution < -0.4 is 5.73 Å². The number of nitrogens with zero attached hydrogens (tertiary/aromatic N) is 4. The molecule has 7 nitrogen and oxygen atoms in total. The van der Waals surface area contributed by atoms with Crippen molar-refractivity contribution in [1.82, 2.24) is 9.80 Å². The quantitative estimate of drug-likeness (QED) is 0.163. The van der Waals surface area contributed by atoms with Crippen molar-refractivity contribution in [1.29, 1.82) is 0 Å². The van der Waals surface area contributed by atoms with Crippen molar-refractivity contribution in [3.8, 4) is 12.3 Å². The molecule has 0 aromatic carbocycles. The van der Waals surface area contributed by atoms with Crippen molar-refractivity contribution in [2.45, 2.75) is 84.0 Å². The summed E-state index contributed by atoms with van der Waals surface area (Å²) < 4.78 is 6.24. The van der Waals surface area contributed by atoms with Crippen LogP contribution >= 0.6 is 0 Å². The Bertz CT molecular complexity index is 1050. The number of aliphatic imine (C=N–C) groups is 2. The Labute approximate surface area is 242 Å². The summed E-state index contributed by atoms with van der Waals surface area (Å²) in [4.78, 5) is 26.7. The number of hydrogen-bond donors (Lipinski definition) is 1. The first-order valence-electron chi connectivity index (χ1n) is 14.9. The number of ether oxygens (including phenoxy) is 1. The summed E-state index contributed by atoms with van der Waals surface area (Å²) >= 11 is 0. The normalized spacial score (nSPS) is 26.8. The van der Waals surface area contributed by atoms with Gasteiger partial charge in [0.25, 0.3) is 5.91 Å². The minimum Gasteiger partial charge on any atom is -0.368 e. The fourth-order valence-corrected chi connectivity index (χ4v) is 5.86. The SMILES string of the molecule is C#C/C=C(/COC1C(C)C(C(=C)/C=C\C(=C)C(=O)N2CCC(N3CCCC3)CC2)C=N[C@H]1N)N=C(C)CCCC. The lowest BCUT2D eigenvalue weighted by molar-refractivity contribution is -0.128. The molecule has 3 aliphatic heterocycles. The van der Waals surface area contributed by atoms with Gasteiger partial charge >= 0.3 is 0 Å². The Hall–Kier alpha value is -2.79. The van der Waals surface area contributed by atoms with Crippen molar-refractivity contribution >= 4 is 17.8 Å². The molecule has 1 amide bonds. The largest absolute Gasteiger partial charge is 0.368 e. The first-order chi connectivity index (χ1) is 19.2. The minimum absolute atomic E-state index is 0.000119. The minimum atomic E-state index is -0.486. The van der Waals surface area contributed by atoms with Gasteiger partial charge in [-0.15, -0.1) is 6.42 Å². The van der Waals surface area contributed by atoms with E-state index in [0.717, 1.165) is 56.5 Å². The van der Waals surface area contributed by atoms with Crippen molar-refractivity contribution in [2.24, 2.45) is 27.6 Å². The molecule has 0 spiro atoms. The number of carbonyl (C=O) groups is 1.